The first-order valence-electron chi connectivity index (χ1n) is 4.12. The molecule has 3 heteroatoms. The molecule has 0 bridgehead atoms. The van der Waals surface area contributed by atoms with Gasteiger partial charge in [0.05, 0.1) is 17.7 Å². The van der Waals surface area contributed by atoms with Gasteiger partial charge in [0.2, 0.25) is 0 Å². The third kappa shape index (κ3) is 1.73. The van der Waals surface area contributed by atoms with Gasteiger partial charge in [0.1, 0.15) is 11.9 Å². The Labute approximate surface area is 77.6 Å². The first kappa shape index (κ1) is 9.82. The van der Waals surface area contributed by atoms with Crippen molar-refractivity contribution in [3.63, 3.8) is 0 Å². The Morgan fingerprint density at radius 3 is 2.62 bits per heavy atom. The first-order valence-corrected chi connectivity index (χ1v) is 4.12. The van der Waals surface area contributed by atoms with Crippen molar-refractivity contribution in [1.82, 2.24) is 0 Å². The van der Waals surface area contributed by atoms with Crippen LogP contribution in [0.3, 0.4) is 0 Å². The molecule has 0 radical (unpaired) electrons. The minimum atomic E-state index is -0.795. The molecule has 0 fully saturated rings. The Kier molecular flexibility index (Phi) is 2.44. The zero-order chi connectivity index (χ0) is 10.1. The van der Waals surface area contributed by atoms with E-state index in [4.69, 9.17) is 9.68 Å². The van der Waals surface area contributed by atoms with E-state index in [-0.39, 0.29) is 0 Å². The molecule has 1 heterocycles. The maximum absolute atomic E-state index is 9.84. The maximum Gasteiger partial charge on any atom is 0.106 e. The quantitative estimate of drug-likeness (QED) is 0.756. The second kappa shape index (κ2) is 3.23. The summed E-state index contributed by atoms with van der Waals surface area (Å²) in [6.07, 6.45) is 0.720. The lowest BCUT2D eigenvalue weighted by atomic mass is 9.84. The minimum absolute atomic E-state index is 0.663. The molecule has 0 aromatic carbocycles. The number of aliphatic hydroxyl groups excluding tert-OH is 1. The lowest BCUT2D eigenvalue weighted by molar-refractivity contribution is 0.0853. The highest BCUT2D eigenvalue weighted by atomic mass is 16.3. The van der Waals surface area contributed by atoms with Gasteiger partial charge in [-0.25, -0.2) is 0 Å². The van der Waals surface area contributed by atoms with Crippen LogP contribution in [0.5, 0.6) is 0 Å². The zero-order valence-corrected chi connectivity index (χ0v) is 8.03. The maximum atomic E-state index is 9.84. The molecule has 1 N–H and O–H groups in total. The van der Waals surface area contributed by atoms with Gasteiger partial charge >= 0.3 is 0 Å². The van der Waals surface area contributed by atoms with Gasteiger partial charge in [-0.15, -0.1) is 0 Å². The van der Waals surface area contributed by atoms with E-state index in [1.165, 1.54) is 6.26 Å². The summed E-state index contributed by atoms with van der Waals surface area (Å²) in [5.41, 5.74) is -0.0965. The highest BCUT2D eigenvalue weighted by molar-refractivity contribution is 5.22. The molecule has 0 aliphatic rings. The summed E-state index contributed by atoms with van der Waals surface area (Å²) in [6, 6.07) is 3.76. The molecule has 0 spiro atoms. The molecule has 0 saturated carbocycles. The molecule has 1 aromatic rings. The van der Waals surface area contributed by atoms with Gasteiger partial charge in [-0.1, -0.05) is 0 Å². The van der Waals surface area contributed by atoms with Gasteiger partial charge in [-0.05, 0) is 26.8 Å². The smallest absolute Gasteiger partial charge is 0.106 e. The van der Waals surface area contributed by atoms with Crippen LogP contribution in [0.2, 0.25) is 0 Å². The van der Waals surface area contributed by atoms with Gasteiger partial charge in [0.15, 0.2) is 0 Å². The molecule has 1 aromatic heterocycles. The number of aryl methyl sites for hydroxylation is 1. The average Bonchev–Trinajstić information content (AvgIpc) is 2.50. The predicted molar refractivity (Wildman–Crippen MR) is 47.8 cm³/mol. The molecule has 70 valence electrons. The number of hydrogen-bond donors (Lipinski definition) is 1. The van der Waals surface area contributed by atoms with E-state index in [0.717, 1.165) is 0 Å². The van der Waals surface area contributed by atoms with E-state index in [0.29, 0.717) is 11.3 Å². The molecular weight excluding hydrogens is 166 g/mol. The monoisotopic (exact) mass is 179 g/mol. The van der Waals surface area contributed by atoms with Crippen LogP contribution in [-0.4, -0.2) is 5.11 Å². The number of rotatable bonds is 2. The second-order valence-corrected chi connectivity index (χ2v) is 3.67. The molecule has 1 unspecified atom stereocenters. The Morgan fingerprint density at radius 2 is 2.23 bits per heavy atom. The SMILES string of the molecule is Cc1occc1C(O)C(C)(C)C#N. The summed E-state index contributed by atoms with van der Waals surface area (Å²) in [4.78, 5) is 0. The van der Waals surface area contributed by atoms with Crippen LogP contribution in [0.25, 0.3) is 0 Å². The highest BCUT2D eigenvalue weighted by Crippen LogP contribution is 2.34. The summed E-state index contributed by atoms with van der Waals surface area (Å²) in [6.45, 7) is 5.17. The highest BCUT2D eigenvalue weighted by Gasteiger charge is 2.30. The molecular formula is C10H13NO2. The average molecular weight is 179 g/mol. The van der Waals surface area contributed by atoms with Crippen LogP contribution < -0.4 is 0 Å². The van der Waals surface area contributed by atoms with Crippen LogP contribution in [0, 0.1) is 23.7 Å². The van der Waals surface area contributed by atoms with Crippen LogP contribution >= 0.6 is 0 Å². The summed E-state index contributed by atoms with van der Waals surface area (Å²) in [5.74, 6) is 0.663. The fourth-order valence-corrected chi connectivity index (χ4v) is 1.13. The largest absolute Gasteiger partial charge is 0.469 e. The lowest BCUT2D eigenvalue weighted by Crippen LogP contribution is -2.19. The van der Waals surface area contributed by atoms with Crippen molar-refractivity contribution in [2.75, 3.05) is 0 Å². The van der Waals surface area contributed by atoms with E-state index < -0.39 is 11.5 Å². The van der Waals surface area contributed by atoms with Crippen molar-refractivity contribution in [2.24, 2.45) is 5.41 Å². The summed E-state index contributed by atoms with van der Waals surface area (Å²) >= 11 is 0. The molecule has 1 atom stereocenters. The number of aliphatic hydroxyl groups is 1. The van der Waals surface area contributed by atoms with E-state index in [9.17, 15) is 5.11 Å². The van der Waals surface area contributed by atoms with Crippen molar-refractivity contribution in [2.45, 2.75) is 26.9 Å². The Morgan fingerprint density at radius 1 is 1.62 bits per heavy atom. The molecule has 0 saturated heterocycles. The summed E-state index contributed by atoms with van der Waals surface area (Å²) < 4.78 is 5.06. The normalized spacial score (nSPS) is 13.8. The fraction of sp³-hybridized carbons (Fsp3) is 0.500. The number of nitrogens with zero attached hydrogens (tertiary/aromatic N) is 1. The minimum Gasteiger partial charge on any atom is -0.469 e. The van der Waals surface area contributed by atoms with E-state index >= 15 is 0 Å². The van der Waals surface area contributed by atoms with E-state index in [1.54, 1.807) is 26.8 Å². The Balaban J connectivity index is 3.00. The van der Waals surface area contributed by atoms with Gasteiger partial charge in [0, 0.05) is 5.56 Å². The van der Waals surface area contributed by atoms with Crippen LogP contribution in [-0.2, 0) is 0 Å². The predicted octanol–water partition coefficient (Wildman–Crippen LogP) is 2.17. The van der Waals surface area contributed by atoms with Crippen molar-refractivity contribution >= 4 is 0 Å². The number of furan rings is 1. The Bertz CT molecular complexity index is 333. The Hall–Kier alpha value is -1.27. The fourth-order valence-electron chi connectivity index (χ4n) is 1.13. The number of hydrogen-bond acceptors (Lipinski definition) is 3. The molecule has 0 aliphatic heterocycles. The van der Waals surface area contributed by atoms with Gasteiger partial charge in [-0.2, -0.15) is 5.26 Å². The third-order valence-corrected chi connectivity index (χ3v) is 2.17. The summed E-state index contributed by atoms with van der Waals surface area (Å²) in [7, 11) is 0. The summed E-state index contributed by atoms with van der Waals surface area (Å²) in [5, 5.41) is 18.6. The molecule has 0 aliphatic carbocycles. The van der Waals surface area contributed by atoms with Gasteiger partial charge < -0.3 is 9.52 Å². The van der Waals surface area contributed by atoms with E-state index in [2.05, 4.69) is 6.07 Å². The van der Waals surface area contributed by atoms with Crippen molar-refractivity contribution in [3.05, 3.63) is 23.7 Å². The van der Waals surface area contributed by atoms with Crippen LogP contribution in [0.4, 0.5) is 0 Å². The van der Waals surface area contributed by atoms with Gasteiger partial charge in [0.25, 0.3) is 0 Å². The topological polar surface area (TPSA) is 57.2 Å². The van der Waals surface area contributed by atoms with Crippen molar-refractivity contribution in [3.8, 4) is 6.07 Å². The zero-order valence-electron chi connectivity index (χ0n) is 8.03. The van der Waals surface area contributed by atoms with Crippen LogP contribution in [0.1, 0.15) is 31.3 Å². The number of nitriles is 1. The first-order chi connectivity index (χ1) is 5.99. The molecule has 3 nitrogen and oxygen atoms in total. The third-order valence-electron chi connectivity index (χ3n) is 2.17. The molecule has 0 amide bonds. The van der Waals surface area contributed by atoms with Crippen molar-refractivity contribution in [1.29, 1.82) is 5.26 Å². The van der Waals surface area contributed by atoms with Crippen LogP contribution in [0.15, 0.2) is 16.7 Å². The molecule has 13 heavy (non-hydrogen) atoms. The molecule has 1 rings (SSSR count). The second-order valence-electron chi connectivity index (χ2n) is 3.67. The standard InChI is InChI=1S/C10H13NO2/c1-7-8(4-5-13-7)9(12)10(2,3)6-11/h4-5,9,12H,1-3H3. The van der Waals surface area contributed by atoms with Crippen molar-refractivity contribution < 1.29 is 9.52 Å². The van der Waals surface area contributed by atoms with Gasteiger partial charge in [-0.3, -0.25) is 0 Å². The lowest BCUT2D eigenvalue weighted by Gasteiger charge is -2.22. The van der Waals surface area contributed by atoms with E-state index in [1.807, 2.05) is 0 Å².